The van der Waals surface area contributed by atoms with Crippen molar-refractivity contribution in [3.63, 3.8) is 0 Å². The summed E-state index contributed by atoms with van der Waals surface area (Å²) in [6, 6.07) is 8.27. The molecule has 2 atom stereocenters. The molecule has 184 valence electrons. The second-order valence-corrected chi connectivity index (χ2v) is 10.6. The molecule has 2 aliphatic heterocycles. The molecule has 1 N–H and O–H groups in total. The van der Waals surface area contributed by atoms with E-state index in [1.807, 2.05) is 40.7 Å². The van der Waals surface area contributed by atoms with Gasteiger partial charge in [-0.3, -0.25) is 14.5 Å². The van der Waals surface area contributed by atoms with Crippen molar-refractivity contribution in [2.75, 3.05) is 19.6 Å². The zero-order valence-corrected chi connectivity index (χ0v) is 20.6. The molecule has 2 aromatic rings. The van der Waals surface area contributed by atoms with E-state index in [1.165, 1.54) is 25.7 Å². The predicted octanol–water partition coefficient (Wildman–Crippen LogP) is 4.29. The van der Waals surface area contributed by atoms with E-state index in [9.17, 15) is 9.59 Å². The zero-order chi connectivity index (χ0) is 23.7. The first kappa shape index (κ1) is 23.2. The number of likely N-dealkylation sites (tertiary alicyclic amines) is 1. The minimum atomic E-state index is -0.957. The third-order valence-electron chi connectivity index (χ3n) is 8.26. The fourth-order valence-corrected chi connectivity index (χ4v) is 6.07. The van der Waals surface area contributed by atoms with E-state index in [4.69, 9.17) is 4.42 Å². The minimum Gasteiger partial charge on any atom is -0.463 e. The summed E-state index contributed by atoms with van der Waals surface area (Å²) in [5.74, 6) is 0.601. The first-order valence-corrected chi connectivity index (χ1v) is 13.1. The van der Waals surface area contributed by atoms with Crippen molar-refractivity contribution >= 4 is 11.8 Å². The van der Waals surface area contributed by atoms with Crippen LogP contribution in [0.3, 0.4) is 0 Å². The summed E-state index contributed by atoms with van der Waals surface area (Å²) in [5.41, 5.74) is 0.511. The van der Waals surface area contributed by atoms with Gasteiger partial charge in [-0.05, 0) is 70.3 Å². The Hall–Kier alpha value is -2.54. The molecule has 5 rings (SSSR count). The number of aromatic nitrogens is 1. The Morgan fingerprint density at radius 3 is 2.56 bits per heavy atom. The van der Waals surface area contributed by atoms with Crippen molar-refractivity contribution in [1.82, 2.24) is 19.7 Å². The predicted molar refractivity (Wildman–Crippen MR) is 131 cm³/mol. The Balaban J connectivity index is 1.44. The van der Waals surface area contributed by atoms with Gasteiger partial charge in [-0.2, -0.15) is 0 Å². The first-order valence-electron chi connectivity index (χ1n) is 13.1. The number of hydrogen-bond acceptors (Lipinski definition) is 4. The van der Waals surface area contributed by atoms with Crippen molar-refractivity contribution in [3.8, 4) is 11.5 Å². The number of carbonyl (C=O) groups is 2. The van der Waals surface area contributed by atoms with Gasteiger partial charge in [0.05, 0.1) is 18.5 Å². The third-order valence-corrected chi connectivity index (χ3v) is 8.26. The molecule has 0 aromatic carbocycles. The largest absolute Gasteiger partial charge is 0.463 e. The molecule has 3 aliphatic rings. The molecular formula is C27H38N4O3. The number of carbonyl (C=O) groups excluding carboxylic acids is 2. The van der Waals surface area contributed by atoms with Gasteiger partial charge in [-0.15, -0.1) is 0 Å². The van der Waals surface area contributed by atoms with Gasteiger partial charge in [0, 0.05) is 25.2 Å². The van der Waals surface area contributed by atoms with Crippen molar-refractivity contribution < 1.29 is 14.0 Å². The molecule has 0 spiro atoms. The summed E-state index contributed by atoms with van der Waals surface area (Å²) in [5, 5.41) is 3.32. The van der Waals surface area contributed by atoms with Gasteiger partial charge in [0.15, 0.2) is 0 Å². The molecule has 1 aliphatic carbocycles. The SMILES string of the molecule is C[C@H]1CCCCN1CCN1C(=O)c2ccc(-c3ccco3)n2C[C@]1(C)C(=O)NC1CCCCC1. The second kappa shape index (κ2) is 9.61. The van der Waals surface area contributed by atoms with Crippen molar-refractivity contribution in [1.29, 1.82) is 0 Å². The third kappa shape index (κ3) is 4.30. The fourth-order valence-electron chi connectivity index (χ4n) is 6.07. The second-order valence-electron chi connectivity index (χ2n) is 10.6. The zero-order valence-electron chi connectivity index (χ0n) is 20.6. The van der Waals surface area contributed by atoms with Gasteiger partial charge < -0.3 is 19.2 Å². The average molecular weight is 467 g/mol. The van der Waals surface area contributed by atoms with Crippen LogP contribution in [0.2, 0.25) is 0 Å². The van der Waals surface area contributed by atoms with Gasteiger partial charge in [0.25, 0.3) is 5.91 Å². The summed E-state index contributed by atoms with van der Waals surface area (Å²) in [7, 11) is 0. The Morgan fingerprint density at radius 2 is 1.82 bits per heavy atom. The van der Waals surface area contributed by atoms with Crippen LogP contribution >= 0.6 is 0 Å². The maximum atomic E-state index is 13.8. The highest BCUT2D eigenvalue weighted by Gasteiger charge is 2.48. The summed E-state index contributed by atoms with van der Waals surface area (Å²) >= 11 is 0. The van der Waals surface area contributed by atoms with E-state index < -0.39 is 5.54 Å². The summed E-state index contributed by atoms with van der Waals surface area (Å²) in [6.07, 6.45) is 10.9. The smallest absolute Gasteiger partial charge is 0.271 e. The highest BCUT2D eigenvalue weighted by Crippen LogP contribution is 2.34. The molecule has 7 nitrogen and oxygen atoms in total. The number of amides is 2. The van der Waals surface area contributed by atoms with Crippen LogP contribution in [-0.2, 0) is 11.3 Å². The van der Waals surface area contributed by atoms with Crippen molar-refractivity contribution in [2.45, 2.75) is 89.4 Å². The monoisotopic (exact) mass is 466 g/mol. The number of hydrogen-bond donors (Lipinski definition) is 1. The number of rotatable bonds is 6. The van der Waals surface area contributed by atoms with Crippen LogP contribution in [0.1, 0.15) is 75.7 Å². The molecular weight excluding hydrogens is 428 g/mol. The van der Waals surface area contributed by atoms with E-state index >= 15 is 0 Å². The summed E-state index contributed by atoms with van der Waals surface area (Å²) in [6.45, 7) is 7.05. The standard InChI is InChI=1S/C27H38N4O3/c1-20-9-6-7-15-29(20)16-17-31-25(32)23-14-13-22(24-12-8-18-34-24)30(23)19-27(31,2)26(33)28-21-10-4-3-5-11-21/h8,12-14,18,20-21H,3-7,9-11,15-17,19H2,1-2H3,(H,28,33)/t20-,27+/m0/s1. The lowest BCUT2D eigenvalue weighted by molar-refractivity contribution is -0.134. The normalized spacial score (nSPS) is 26.5. The Kier molecular flexibility index (Phi) is 6.56. The molecule has 7 heteroatoms. The van der Waals surface area contributed by atoms with Crippen molar-refractivity contribution in [3.05, 3.63) is 36.2 Å². The molecule has 34 heavy (non-hydrogen) atoms. The number of nitrogens with one attached hydrogen (secondary N) is 1. The lowest BCUT2D eigenvalue weighted by atomic mass is 9.91. The molecule has 2 fully saturated rings. The van der Waals surface area contributed by atoms with E-state index in [-0.39, 0.29) is 17.9 Å². The van der Waals surface area contributed by atoms with Gasteiger partial charge >= 0.3 is 0 Å². The van der Waals surface area contributed by atoms with Crippen LogP contribution in [-0.4, -0.2) is 63.4 Å². The Labute approximate surface area is 202 Å². The molecule has 1 saturated heterocycles. The van der Waals surface area contributed by atoms with Gasteiger partial charge in [0.1, 0.15) is 17.0 Å². The van der Waals surface area contributed by atoms with Gasteiger partial charge in [-0.1, -0.05) is 25.7 Å². The van der Waals surface area contributed by atoms with Crippen LogP contribution < -0.4 is 5.32 Å². The van der Waals surface area contributed by atoms with Crippen LogP contribution in [0, 0.1) is 0 Å². The first-order chi connectivity index (χ1) is 16.5. The minimum absolute atomic E-state index is 0.0378. The van der Waals surface area contributed by atoms with Crippen molar-refractivity contribution in [2.24, 2.45) is 0 Å². The highest BCUT2D eigenvalue weighted by atomic mass is 16.3. The Morgan fingerprint density at radius 1 is 1.06 bits per heavy atom. The van der Waals surface area contributed by atoms with Crippen LogP contribution in [0.25, 0.3) is 11.5 Å². The molecule has 4 heterocycles. The summed E-state index contributed by atoms with van der Waals surface area (Å²) < 4.78 is 7.62. The van der Waals surface area contributed by atoms with E-state index in [1.54, 1.807) is 6.26 Å². The van der Waals surface area contributed by atoms with Gasteiger partial charge in [-0.25, -0.2) is 0 Å². The van der Waals surface area contributed by atoms with E-state index in [0.717, 1.165) is 44.5 Å². The fraction of sp³-hybridized carbons (Fsp3) is 0.630. The van der Waals surface area contributed by atoms with E-state index in [0.29, 0.717) is 30.6 Å². The topological polar surface area (TPSA) is 70.7 Å². The maximum absolute atomic E-state index is 13.8. The lowest BCUT2D eigenvalue weighted by Crippen LogP contribution is -2.66. The lowest BCUT2D eigenvalue weighted by Gasteiger charge is -2.46. The molecule has 0 radical (unpaired) electrons. The number of nitrogens with zero attached hydrogens (tertiary/aromatic N) is 3. The van der Waals surface area contributed by atoms with Gasteiger partial charge in [0.2, 0.25) is 5.91 Å². The highest BCUT2D eigenvalue weighted by molar-refractivity contribution is 6.00. The number of furan rings is 1. The molecule has 0 unspecified atom stereocenters. The quantitative estimate of drug-likeness (QED) is 0.690. The van der Waals surface area contributed by atoms with E-state index in [2.05, 4.69) is 17.1 Å². The number of piperidine rings is 1. The molecule has 2 aromatic heterocycles. The maximum Gasteiger partial charge on any atom is 0.271 e. The van der Waals surface area contributed by atoms with Crippen LogP contribution in [0.5, 0.6) is 0 Å². The molecule has 1 saturated carbocycles. The molecule has 2 amide bonds. The molecule has 0 bridgehead atoms. The van der Waals surface area contributed by atoms with Crippen LogP contribution in [0.15, 0.2) is 34.9 Å². The Bertz CT molecular complexity index is 1010. The summed E-state index contributed by atoms with van der Waals surface area (Å²) in [4.78, 5) is 32.0. The van der Waals surface area contributed by atoms with Crippen LogP contribution in [0.4, 0.5) is 0 Å². The average Bonchev–Trinajstić information content (AvgIpc) is 3.50. The number of fused-ring (bicyclic) bond motifs is 1.